The molecule has 0 unspecified atom stereocenters. The van der Waals surface area contributed by atoms with E-state index < -0.39 is 0 Å². The Hall–Kier alpha value is -0.570. The molecule has 0 aromatic rings. The summed E-state index contributed by atoms with van der Waals surface area (Å²) in [4.78, 5) is 10.6. The predicted octanol–water partition coefficient (Wildman–Crippen LogP) is 4.72. The molecule has 3 heteroatoms. The summed E-state index contributed by atoms with van der Waals surface area (Å²) >= 11 is 0. The fourth-order valence-electron chi connectivity index (χ4n) is 2.99. The highest BCUT2D eigenvalue weighted by molar-refractivity contribution is 5.73. The molecular formula is C18H35NO2. The molecule has 1 aliphatic heterocycles. The molecule has 1 heterocycles. The summed E-state index contributed by atoms with van der Waals surface area (Å²) in [5, 5.41) is 0. The summed E-state index contributed by atoms with van der Waals surface area (Å²) in [7, 11) is 0. The van der Waals surface area contributed by atoms with E-state index in [-0.39, 0.29) is 5.91 Å². The lowest BCUT2D eigenvalue weighted by Gasteiger charge is -2.00. The van der Waals surface area contributed by atoms with Gasteiger partial charge in [-0.25, -0.2) is 0 Å². The zero-order valence-electron chi connectivity index (χ0n) is 13.9. The number of epoxide rings is 1. The molecule has 0 radical (unpaired) electrons. The van der Waals surface area contributed by atoms with Gasteiger partial charge in [0.25, 0.3) is 0 Å². The summed E-state index contributed by atoms with van der Waals surface area (Å²) in [6, 6.07) is 0. The van der Waals surface area contributed by atoms with Crippen LogP contribution in [-0.4, -0.2) is 18.1 Å². The molecule has 2 atom stereocenters. The third-order valence-corrected chi connectivity index (χ3v) is 4.44. The Bertz CT molecular complexity index is 268. The van der Waals surface area contributed by atoms with Crippen molar-refractivity contribution in [3.8, 4) is 0 Å². The average Bonchev–Trinajstić information content (AvgIpc) is 3.20. The minimum absolute atomic E-state index is 0.168. The second kappa shape index (κ2) is 12.0. The van der Waals surface area contributed by atoms with E-state index in [1.54, 1.807) is 0 Å². The van der Waals surface area contributed by atoms with Crippen LogP contribution in [0.1, 0.15) is 96.8 Å². The summed E-state index contributed by atoms with van der Waals surface area (Å²) in [6.07, 6.45) is 18.3. The number of hydrogen-bond acceptors (Lipinski definition) is 2. The molecular weight excluding hydrogens is 262 g/mol. The van der Waals surface area contributed by atoms with Gasteiger partial charge in [-0.2, -0.15) is 0 Å². The molecule has 1 rings (SSSR count). The largest absolute Gasteiger partial charge is 0.370 e. The minimum atomic E-state index is -0.168. The lowest BCUT2D eigenvalue weighted by molar-refractivity contribution is -0.118. The first-order valence-electron chi connectivity index (χ1n) is 9.17. The molecule has 1 aliphatic rings. The van der Waals surface area contributed by atoms with Crippen LogP contribution in [0.5, 0.6) is 0 Å². The Morgan fingerprint density at radius 1 is 0.810 bits per heavy atom. The Kier molecular flexibility index (Phi) is 10.6. The third-order valence-electron chi connectivity index (χ3n) is 4.44. The van der Waals surface area contributed by atoms with Crippen LogP contribution in [0.2, 0.25) is 0 Å². The van der Waals surface area contributed by atoms with Crippen molar-refractivity contribution in [2.24, 2.45) is 5.73 Å². The second-order valence-electron chi connectivity index (χ2n) is 6.54. The average molecular weight is 297 g/mol. The lowest BCUT2D eigenvalue weighted by Crippen LogP contribution is -2.09. The number of carbonyl (C=O) groups excluding carboxylic acids is 1. The van der Waals surface area contributed by atoms with Gasteiger partial charge in [-0.05, 0) is 19.3 Å². The number of carbonyl (C=O) groups is 1. The molecule has 1 fully saturated rings. The van der Waals surface area contributed by atoms with Crippen molar-refractivity contribution in [3.05, 3.63) is 0 Å². The molecule has 0 aromatic heterocycles. The quantitative estimate of drug-likeness (QED) is 0.351. The van der Waals surface area contributed by atoms with Crippen LogP contribution in [-0.2, 0) is 9.53 Å². The van der Waals surface area contributed by atoms with Gasteiger partial charge in [0.2, 0.25) is 5.91 Å². The topological polar surface area (TPSA) is 55.6 Å². The Labute approximate surface area is 131 Å². The van der Waals surface area contributed by atoms with Gasteiger partial charge in [-0.3, -0.25) is 4.79 Å². The van der Waals surface area contributed by atoms with Gasteiger partial charge >= 0.3 is 0 Å². The molecule has 1 amide bonds. The molecule has 0 saturated carbocycles. The smallest absolute Gasteiger partial charge is 0.217 e. The van der Waals surface area contributed by atoms with Crippen molar-refractivity contribution in [3.63, 3.8) is 0 Å². The van der Waals surface area contributed by atoms with Crippen LogP contribution in [0.25, 0.3) is 0 Å². The van der Waals surface area contributed by atoms with Gasteiger partial charge in [0.05, 0.1) is 12.2 Å². The Morgan fingerprint density at radius 3 is 1.81 bits per heavy atom. The van der Waals surface area contributed by atoms with Crippen molar-refractivity contribution in [2.45, 2.75) is 109 Å². The third kappa shape index (κ3) is 10.8. The van der Waals surface area contributed by atoms with Gasteiger partial charge in [0.1, 0.15) is 0 Å². The van der Waals surface area contributed by atoms with Gasteiger partial charge in [0.15, 0.2) is 0 Å². The highest BCUT2D eigenvalue weighted by Crippen LogP contribution is 2.31. The summed E-state index contributed by atoms with van der Waals surface area (Å²) in [6.45, 7) is 2.26. The fourth-order valence-corrected chi connectivity index (χ4v) is 2.99. The SMILES string of the molecule is CCCCCCCC[C@@H]1O[C@@H]1CCCCCCCC(N)=O. The van der Waals surface area contributed by atoms with Crippen molar-refractivity contribution in [2.75, 3.05) is 0 Å². The maximum Gasteiger partial charge on any atom is 0.217 e. The molecule has 0 aliphatic carbocycles. The van der Waals surface area contributed by atoms with E-state index in [1.165, 1.54) is 70.6 Å². The molecule has 21 heavy (non-hydrogen) atoms. The van der Waals surface area contributed by atoms with Gasteiger partial charge in [-0.1, -0.05) is 71.1 Å². The number of primary amides is 1. The molecule has 0 bridgehead atoms. The van der Waals surface area contributed by atoms with E-state index in [2.05, 4.69) is 6.92 Å². The van der Waals surface area contributed by atoms with Crippen molar-refractivity contribution in [1.82, 2.24) is 0 Å². The summed E-state index contributed by atoms with van der Waals surface area (Å²) < 4.78 is 5.74. The normalized spacial score (nSPS) is 20.6. The zero-order valence-corrected chi connectivity index (χ0v) is 13.9. The van der Waals surface area contributed by atoms with Gasteiger partial charge < -0.3 is 10.5 Å². The summed E-state index contributed by atoms with van der Waals surface area (Å²) in [5.74, 6) is -0.168. The Balaban J connectivity index is 1.77. The van der Waals surface area contributed by atoms with Crippen LogP contribution in [0.4, 0.5) is 0 Å². The molecule has 124 valence electrons. The zero-order chi connectivity index (χ0) is 15.3. The van der Waals surface area contributed by atoms with Gasteiger partial charge in [-0.15, -0.1) is 0 Å². The maximum atomic E-state index is 10.6. The molecule has 1 saturated heterocycles. The highest BCUT2D eigenvalue weighted by atomic mass is 16.6. The predicted molar refractivity (Wildman–Crippen MR) is 88.2 cm³/mol. The van der Waals surface area contributed by atoms with Crippen LogP contribution in [0.3, 0.4) is 0 Å². The van der Waals surface area contributed by atoms with E-state index >= 15 is 0 Å². The number of rotatable bonds is 15. The first kappa shape index (κ1) is 18.5. The molecule has 0 spiro atoms. The summed E-state index contributed by atoms with van der Waals surface area (Å²) in [5.41, 5.74) is 5.11. The Morgan fingerprint density at radius 2 is 1.29 bits per heavy atom. The number of amides is 1. The molecule has 3 nitrogen and oxygen atoms in total. The monoisotopic (exact) mass is 297 g/mol. The van der Waals surface area contributed by atoms with Gasteiger partial charge in [0, 0.05) is 6.42 Å². The van der Waals surface area contributed by atoms with Crippen molar-refractivity contribution in [1.29, 1.82) is 0 Å². The second-order valence-corrected chi connectivity index (χ2v) is 6.54. The van der Waals surface area contributed by atoms with Crippen molar-refractivity contribution >= 4 is 5.91 Å². The fraction of sp³-hybridized carbons (Fsp3) is 0.944. The number of hydrogen-bond donors (Lipinski definition) is 1. The minimum Gasteiger partial charge on any atom is -0.370 e. The van der Waals surface area contributed by atoms with E-state index in [1.807, 2.05) is 0 Å². The standard InChI is InChI=1S/C18H35NO2/c1-2-3-4-5-7-10-13-16-17(21-16)14-11-8-6-9-12-15-18(19)20/h16-17H,2-15H2,1H3,(H2,19,20)/t16-,17+/m0/s1. The van der Waals surface area contributed by atoms with Crippen LogP contribution < -0.4 is 5.73 Å². The number of unbranched alkanes of at least 4 members (excludes halogenated alkanes) is 9. The maximum absolute atomic E-state index is 10.6. The van der Waals surface area contributed by atoms with E-state index in [4.69, 9.17) is 10.5 Å². The lowest BCUT2D eigenvalue weighted by atomic mass is 10.0. The van der Waals surface area contributed by atoms with E-state index in [0.717, 1.165) is 12.8 Å². The first-order chi connectivity index (χ1) is 10.2. The first-order valence-corrected chi connectivity index (χ1v) is 9.17. The van der Waals surface area contributed by atoms with Crippen LogP contribution >= 0.6 is 0 Å². The van der Waals surface area contributed by atoms with E-state index in [9.17, 15) is 4.79 Å². The highest BCUT2D eigenvalue weighted by Gasteiger charge is 2.36. The number of nitrogens with two attached hydrogens (primary N) is 1. The molecule has 2 N–H and O–H groups in total. The number of ether oxygens (including phenoxy) is 1. The van der Waals surface area contributed by atoms with E-state index in [0.29, 0.717) is 18.6 Å². The molecule has 0 aromatic carbocycles. The van der Waals surface area contributed by atoms with Crippen molar-refractivity contribution < 1.29 is 9.53 Å². The van der Waals surface area contributed by atoms with Crippen LogP contribution in [0.15, 0.2) is 0 Å². The van der Waals surface area contributed by atoms with Crippen LogP contribution in [0, 0.1) is 0 Å².